The molecule has 5 heteroatoms. The van der Waals surface area contributed by atoms with Crippen molar-refractivity contribution in [2.24, 2.45) is 0 Å². The lowest BCUT2D eigenvalue weighted by Crippen LogP contribution is -2.42. The molecule has 0 unspecified atom stereocenters. The Kier molecular flexibility index (Phi) is 6.31. The molecule has 0 radical (unpaired) electrons. The summed E-state index contributed by atoms with van der Waals surface area (Å²) < 4.78 is 11.5. The number of pyridine rings is 1. The Morgan fingerprint density at radius 2 is 1.63 bits per heavy atom. The third-order valence-electron chi connectivity index (χ3n) is 5.76. The van der Waals surface area contributed by atoms with Crippen LogP contribution in [0.1, 0.15) is 29.7 Å². The van der Waals surface area contributed by atoms with Crippen molar-refractivity contribution in [3.8, 4) is 11.5 Å². The lowest BCUT2D eigenvalue weighted by atomic mass is 9.83. The average molecular weight is 405 g/mol. The van der Waals surface area contributed by atoms with Gasteiger partial charge in [-0.3, -0.25) is 9.88 Å². The summed E-state index contributed by atoms with van der Waals surface area (Å²) in [5.41, 5.74) is 2.09. The fourth-order valence-electron chi connectivity index (χ4n) is 4.03. The molecule has 2 aromatic carbocycles. The van der Waals surface area contributed by atoms with Gasteiger partial charge in [-0.05, 0) is 37.1 Å². The van der Waals surface area contributed by atoms with Crippen LogP contribution in [0.25, 0.3) is 0 Å². The number of ether oxygens (including phenoxy) is 2. The molecule has 1 aliphatic heterocycles. The monoisotopic (exact) mass is 404 g/mol. The Balaban J connectivity index is 1.40. The fourth-order valence-corrected chi connectivity index (χ4v) is 4.03. The number of likely N-dealkylation sites (tertiary alicyclic amines) is 1. The van der Waals surface area contributed by atoms with E-state index in [1.165, 1.54) is 0 Å². The van der Waals surface area contributed by atoms with Gasteiger partial charge in [0, 0.05) is 37.0 Å². The zero-order valence-electron chi connectivity index (χ0n) is 17.3. The van der Waals surface area contributed by atoms with E-state index in [2.05, 4.69) is 16.0 Å². The molecule has 0 aliphatic carbocycles. The first kappa shape index (κ1) is 20.4. The number of aliphatic hydroxyl groups is 1. The minimum absolute atomic E-state index is 0.450. The van der Waals surface area contributed by atoms with E-state index in [9.17, 15) is 5.11 Å². The molecule has 1 N–H and O–H groups in total. The maximum atomic E-state index is 11.3. The molecular formula is C25H28N2O3. The normalized spacial score (nSPS) is 16.2. The van der Waals surface area contributed by atoms with Gasteiger partial charge in [-0.15, -0.1) is 0 Å². The second-order valence-electron chi connectivity index (χ2n) is 7.73. The molecule has 4 rings (SSSR count). The molecule has 1 aliphatic rings. The van der Waals surface area contributed by atoms with E-state index in [-0.39, 0.29) is 0 Å². The Morgan fingerprint density at radius 3 is 2.37 bits per heavy atom. The van der Waals surface area contributed by atoms with Gasteiger partial charge in [-0.1, -0.05) is 42.5 Å². The smallest absolute Gasteiger partial charge is 0.130 e. The molecule has 1 saturated heterocycles. The molecule has 1 aromatic heterocycles. The number of benzene rings is 2. The summed E-state index contributed by atoms with van der Waals surface area (Å²) >= 11 is 0. The number of nitrogens with zero attached hydrogens (tertiary/aromatic N) is 2. The van der Waals surface area contributed by atoms with E-state index in [1.807, 2.05) is 60.7 Å². The number of methoxy groups -OCH3 is 1. The van der Waals surface area contributed by atoms with Crippen molar-refractivity contribution in [3.05, 3.63) is 89.7 Å². The van der Waals surface area contributed by atoms with Gasteiger partial charge in [0.25, 0.3) is 0 Å². The molecule has 0 spiro atoms. The van der Waals surface area contributed by atoms with Gasteiger partial charge in [0.2, 0.25) is 0 Å². The summed E-state index contributed by atoms with van der Waals surface area (Å²) in [5.74, 6) is 1.63. The molecule has 5 nitrogen and oxygen atoms in total. The largest absolute Gasteiger partial charge is 0.496 e. The number of aromatic nitrogens is 1. The Labute approximate surface area is 177 Å². The van der Waals surface area contributed by atoms with Gasteiger partial charge in [-0.25, -0.2) is 0 Å². The van der Waals surface area contributed by atoms with E-state index in [0.717, 1.165) is 48.0 Å². The highest BCUT2D eigenvalue weighted by Gasteiger charge is 2.36. The van der Waals surface area contributed by atoms with E-state index >= 15 is 0 Å². The molecule has 2 heterocycles. The Hall–Kier alpha value is -2.89. The molecule has 30 heavy (non-hydrogen) atoms. The van der Waals surface area contributed by atoms with Crippen molar-refractivity contribution in [1.29, 1.82) is 0 Å². The van der Waals surface area contributed by atoms with Gasteiger partial charge >= 0.3 is 0 Å². The summed E-state index contributed by atoms with van der Waals surface area (Å²) in [7, 11) is 1.65. The second kappa shape index (κ2) is 9.28. The number of para-hydroxylation sites is 2. The predicted octanol–water partition coefficient (Wildman–Crippen LogP) is 4.15. The van der Waals surface area contributed by atoms with Crippen LogP contribution in [0.5, 0.6) is 11.5 Å². The van der Waals surface area contributed by atoms with Crippen molar-refractivity contribution >= 4 is 0 Å². The number of piperidine rings is 1. The van der Waals surface area contributed by atoms with Crippen molar-refractivity contribution in [2.75, 3.05) is 20.2 Å². The maximum Gasteiger partial charge on any atom is 0.130 e. The molecule has 3 aromatic rings. The van der Waals surface area contributed by atoms with Crippen LogP contribution in [0.2, 0.25) is 0 Å². The number of hydrogen-bond donors (Lipinski definition) is 1. The van der Waals surface area contributed by atoms with Gasteiger partial charge < -0.3 is 14.6 Å². The standard InChI is InChI=1S/C25H28N2O3/c1-29-24-12-5-3-10-22(24)25(28)13-16-27(17-14-25)18-20-8-2-4-11-23(20)30-19-21-9-6-7-15-26-21/h2-12,15,28H,13-14,16-19H2,1H3. The Bertz CT molecular complexity index is 953. The average Bonchev–Trinajstić information content (AvgIpc) is 2.81. The molecule has 0 saturated carbocycles. The minimum atomic E-state index is -0.849. The van der Waals surface area contributed by atoms with Crippen LogP contribution >= 0.6 is 0 Å². The molecule has 156 valence electrons. The topological polar surface area (TPSA) is 54.8 Å². The second-order valence-corrected chi connectivity index (χ2v) is 7.73. The lowest BCUT2D eigenvalue weighted by Gasteiger charge is -2.39. The van der Waals surface area contributed by atoms with Gasteiger partial charge in [0.05, 0.1) is 18.4 Å². The summed E-state index contributed by atoms with van der Waals surface area (Å²) in [6, 6.07) is 21.7. The first-order chi connectivity index (χ1) is 14.7. The highest BCUT2D eigenvalue weighted by molar-refractivity contribution is 5.38. The molecule has 0 atom stereocenters. The number of hydrogen-bond acceptors (Lipinski definition) is 5. The zero-order valence-corrected chi connectivity index (χ0v) is 17.3. The molecule has 0 amide bonds. The van der Waals surface area contributed by atoms with Gasteiger partial charge in [-0.2, -0.15) is 0 Å². The van der Waals surface area contributed by atoms with Crippen LogP contribution in [-0.2, 0) is 18.8 Å². The van der Waals surface area contributed by atoms with Crippen LogP contribution in [0, 0.1) is 0 Å². The predicted molar refractivity (Wildman–Crippen MR) is 116 cm³/mol. The first-order valence-electron chi connectivity index (χ1n) is 10.4. The van der Waals surface area contributed by atoms with Crippen LogP contribution in [0.15, 0.2) is 72.9 Å². The highest BCUT2D eigenvalue weighted by Crippen LogP contribution is 2.38. The fraction of sp³-hybridized carbons (Fsp3) is 0.320. The zero-order chi connectivity index (χ0) is 20.8. The molecular weight excluding hydrogens is 376 g/mol. The molecule has 0 bridgehead atoms. The van der Waals surface area contributed by atoms with Crippen LogP contribution < -0.4 is 9.47 Å². The highest BCUT2D eigenvalue weighted by atomic mass is 16.5. The summed E-state index contributed by atoms with van der Waals surface area (Å²) in [6.07, 6.45) is 3.12. The van der Waals surface area contributed by atoms with E-state index in [0.29, 0.717) is 19.4 Å². The third-order valence-corrected chi connectivity index (χ3v) is 5.76. The summed E-state index contributed by atoms with van der Waals surface area (Å²) in [5, 5.41) is 11.3. The van der Waals surface area contributed by atoms with E-state index in [4.69, 9.17) is 9.47 Å². The van der Waals surface area contributed by atoms with Crippen molar-refractivity contribution in [3.63, 3.8) is 0 Å². The van der Waals surface area contributed by atoms with Crippen molar-refractivity contribution in [1.82, 2.24) is 9.88 Å². The molecule has 1 fully saturated rings. The van der Waals surface area contributed by atoms with Crippen molar-refractivity contribution < 1.29 is 14.6 Å². The summed E-state index contributed by atoms with van der Waals surface area (Å²) in [4.78, 5) is 6.69. The van der Waals surface area contributed by atoms with Gasteiger partial charge in [0.1, 0.15) is 18.1 Å². The quantitative estimate of drug-likeness (QED) is 0.641. The SMILES string of the molecule is COc1ccccc1C1(O)CCN(Cc2ccccc2OCc2ccccn2)CC1. The van der Waals surface area contributed by atoms with Crippen LogP contribution in [0.3, 0.4) is 0 Å². The van der Waals surface area contributed by atoms with Crippen molar-refractivity contribution in [2.45, 2.75) is 31.6 Å². The third kappa shape index (κ3) is 4.64. The first-order valence-corrected chi connectivity index (χ1v) is 10.4. The number of rotatable bonds is 7. The van der Waals surface area contributed by atoms with E-state index in [1.54, 1.807) is 13.3 Å². The van der Waals surface area contributed by atoms with Crippen LogP contribution in [-0.4, -0.2) is 35.2 Å². The maximum absolute atomic E-state index is 11.3. The Morgan fingerprint density at radius 1 is 0.933 bits per heavy atom. The van der Waals surface area contributed by atoms with Crippen LogP contribution in [0.4, 0.5) is 0 Å². The summed E-state index contributed by atoms with van der Waals surface area (Å²) in [6.45, 7) is 2.86. The lowest BCUT2D eigenvalue weighted by molar-refractivity contribution is -0.0293. The minimum Gasteiger partial charge on any atom is -0.496 e. The van der Waals surface area contributed by atoms with E-state index < -0.39 is 5.60 Å². The van der Waals surface area contributed by atoms with Gasteiger partial charge in [0.15, 0.2) is 0 Å².